The summed E-state index contributed by atoms with van der Waals surface area (Å²) in [5.74, 6) is -0.338. The summed E-state index contributed by atoms with van der Waals surface area (Å²) in [5, 5.41) is 9.21. The first-order valence-electron chi connectivity index (χ1n) is 3.32. The number of rotatable bonds is 2. The summed E-state index contributed by atoms with van der Waals surface area (Å²) in [6.45, 7) is 0. The third-order valence-corrected chi connectivity index (χ3v) is 1.47. The van der Waals surface area contributed by atoms with Crippen LogP contribution in [0.15, 0.2) is 18.2 Å². The largest absolute Gasteiger partial charge is 0.507 e. The zero-order chi connectivity index (χ0) is 9.14. The van der Waals surface area contributed by atoms with E-state index in [0.29, 0.717) is 5.75 Å². The first kappa shape index (κ1) is 12.9. The van der Waals surface area contributed by atoms with Gasteiger partial charge < -0.3 is 15.6 Å². The van der Waals surface area contributed by atoms with Gasteiger partial charge in [0.2, 0.25) is 0 Å². The van der Waals surface area contributed by atoms with E-state index in [9.17, 15) is 9.90 Å². The topological polar surface area (TPSA) is 72.5 Å². The number of hydrogen-bond donors (Lipinski definition) is 2. The molecule has 1 aromatic carbocycles. The SMILES string of the molecule is COc1ccc(C(N)=O)c(O)c1.[K]. The number of hydrogen-bond acceptors (Lipinski definition) is 3. The number of primary amides is 1. The van der Waals surface area contributed by atoms with Gasteiger partial charge in [-0.2, -0.15) is 0 Å². The van der Waals surface area contributed by atoms with Crippen molar-refractivity contribution >= 4 is 57.3 Å². The van der Waals surface area contributed by atoms with Crippen LogP contribution in [-0.2, 0) is 0 Å². The summed E-state index contributed by atoms with van der Waals surface area (Å²) in [7, 11) is 1.47. The zero-order valence-electron chi connectivity index (χ0n) is 7.57. The molecule has 1 amide bonds. The predicted molar refractivity (Wildman–Crippen MR) is 48.9 cm³/mol. The van der Waals surface area contributed by atoms with Crippen molar-refractivity contribution in [1.82, 2.24) is 0 Å². The number of carbonyl (C=O) groups is 1. The molecule has 0 saturated carbocycles. The van der Waals surface area contributed by atoms with Gasteiger partial charge in [0.15, 0.2) is 0 Å². The van der Waals surface area contributed by atoms with Gasteiger partial charge >= 0.3 is 0 Å². The normalized spacial score (nSPS) is 8.69. The van der Waals surface area contributed by atoms with Gasteiger partial charge in [0.25, 0.3) is 5.91 Å². The molecule has 0 aliphatic rings. The Morgan fingerprint density at radius 3 is 2.54 bits per heavy atom. The maximum atomic E-state index is 10.6. The number of amides is 1. The summed E-state index contributed by atoms with van der Waals surface area (Å²) in [6.07, 6.45) is 0. The molecule has 5 heteroatoms. The first-order valence-corrected chi connectivity index (χ1v) is 3.32. The van der Waals surface area contributed by atoms with E-state index in [1.54, 1.807) is 6.07 Å². The van der Waals surface area contributed by atoms with Gasteiger partial charge in [0, 0.05) is 57.5 Å². The quantitative estimate of drug-likeness (QED) is 0.675. The van der Waals surface area contributed by atoms with Gasteiger partial charge in [-0.3, -0.25) is 4.79 Å². The van der Waals surface area contributed by atoms with Gasteiger partial charge in [-0.05, 0) is 12.1 Å². The van der Waals surface area contributed by atoms with Gasteiger partial charge in [-0.25, -0.2) is 0 Å². The summed E-state index contributed by atoms with van der Waals surface area (Å²) in [4.78, 5) is 10.6. The van der Waals surface area contributed by atoms with E-state index in [4.69, 9.17) is 10.5 Å². The number of phenols is 1. The molecule has 0 unspecified atom stereocenters. The van der Waals surface area contributed by atoms with Crippen LogP contribution in [0.1, 0.15) is 10.4 Å². The van der Waals surface area contributed by atoms with Crippen LogP contribution in [0.3, 0.4) is 0 Å². The standard InChI is InChI=1S/C8H9NO3.K/c1-12-5-2-3-6(8(9)11)7(10)4-5;/h2-4,10H,1H3,(H2,9,11);. The van der Waals surface area contributed by atoms with Gasteiger partial charge in [-0.1, -0.05) is 0 Å². The monoisotopic (exact) mass is 206 g/mol. The molecule has 0 spiro atoms. The Hall–Kier alpha value is -0.0736. The number of aromatic hydroxyl groups is 1. The molecule has 0 aliphatic carbocycles. The summed E-state index contributed by atoms with van der Waals surface area (Å²) in [5.41, 5.74) is 5.06. The number of methoxy groups -OCH3 is 1. The van der Waals surface area contributed by atoms with Crippen LogP contribution in [-0.4, -0.2) is 69.5 Å². The number of nitrogens with two attached hydrogens (primary N) is 1. The van der Waals surface area contributed by atoms with Gasteiger partial charge in [0.1, 0.15) is 11.5 Å². The van der Waals surface area contributed by atoms with Crippen LogP contribution >= 0.6 is 0 Å². The molecule has 1 aromatic rings. The molecule has 13 heavy (non-hydrogen) atoms. The van der Waals surface area contributed by atoms with Crippen LogP contribution in [0.5, 0.6) is 11.5 Å². The van der Waals surface area contributed by atoms with Crippen LogP contribution < -0.4 is 10.5 Å². The molecule has 0 aromatic heterocycles. The molecule has 65 valence electrons. The average Bonchev–Trinajstić information content (AvgIpc) is 2.03. The van der Waals surface area contributed by atoms with Crippen LogP contribution in [0.4, 0.5) is 0 Å². The van der Waals surface area contributed by atoms with E-state index in [-0.39, 0.29) is 62.7 Å². The molecular formula is C8H9KNO3. The molecular weight excluding hydrogens is 197 g/mol. The fourth-order valence-corrected chi connectivity index (χ4v) is 0.847. The van der Waals surface area contributed by atoms with E-state index in [2.05, 4.69) is 0 Å². The molecule has 1 rings (SSSR count). The molecule has 4 nitrogen and oxygen atoms in total. The second-order valence-corrected chi connectivity index (χ2v) is 2.25. The van der Waals surface area contributed by atoms with E-state index in [0.717, 1.165) is 0 Å². The first-order chi connectivity index (χ1) is 5.65. The summed E-state index contributed by atoms with van der Waals surface area (Å²) < 4.78 is 4.82. The zero-order valence-corrected chi connectivity index (χ0v) is 10.7. The van der Waals surface area contributed by atoms with Gasteiger partial charge in [-0.15, -0.1) is 0 Å². The number of carbonyl (C=O) groups excluding carboxylic acids is 1. The second-order valence-electron chi connectivity index (χ2n) is 2.25. The molecule has 0 heterocycles. The number of benzene rings is 1. The third kappa shape index (κ3) is 3.28. The van der Waals surface area contributed by atoms with E-state index >= 15 is 0 Å². The summed E-state index contributed by atoms with van der Waals surface area (Å²) in [6, 6.07) is 4.30. The van der Waals surface area contributed by atoms with Crippen molar-refractivity contribution in [3.63, 3.8) is 0 Å². The maximum Gasteiger partial charge on any atom is 0.252 e. The number of ether oxygens (including phenoxy) is 1. The predicted octanol–water partition coefficient (Wildman–Crippen LogP) is 0.119. The minimum atomic E-state index is -0.657. The fraction of sp³-hybridized carbons (Fsp3) is 0.125. The van der Waals surface area contributed by atoms with Crippen molar-refractivity contribution in [2.75, 3.05) is 7.11 Å². The third-order valence-electron chi connectivity index (χ3n) is 1.47. The molecule has 1 radical (unpaired) electrons. The maximum absolute atomic E-state index is 10.6. The van der Waals surface area contributed by atoms with Crippen molar-refractivity contribution in [1.29, 1.82) is 0 Å². The molecule has 0 aliphatic heterocycles. The van der Waals surface area contributed by atoms with Crippen molar-refractivity contribution < 1.29 is 14.6 Å². The Bertz CT molecular complexity index is 314. The molecule has 0 atom stereocenters. The smallest absolute Gasteiger partial charge is 0.252 e. The van der Waals surface area contributed by atoms with Crippen LogP contribution in [0.25, 0.3) is 0 Å². The fourth-order valence-electron chi connectivity index (χ4n) is 0.847. The Balaban J connectivity index is 0.00000144. The molecule has 0 saturated heterocycles. The molecule has 0 bridgehead atoms. The van der Waals surface area contributed by atoms with Crippen LogP contribution in [0, 0.1) is 0 Å². The Labute approximate surface area is 118 Å². The minimum Gasteiger partial charge on any atom is -0.507 e. The van der Waals surface area contributed by atoms with E-state index in [1.165, 1.54) is 19.2 Å². The van der Waals surface area contributed by atoms with Crippen LogP contribution in [0.2, 0.25) is 0 Å². The summed E-state index contributed by atoms with van der Waals surface area (Å²) >= 11 is 0. The van der Waals surface area contributed by atoms with Crippen molar-refractivity contribution in [3.8, 4) is 11.5 Å². The van der Waals surface area contributed by atoms with E-state index in [1.807, 2.05) is 0 Å². The Morgan fingerprint density at radius 1 is 1.54 bits per heavy atom. The Morgan fingerprint density at radius 2 is 2.15 bits per heavy atom. The molecule has 0 fully saturated rings. The minimum absolute atomic E-state index is 0. The van der Waals surface area contributed by atoms with Crippen molar-refractivity contribution in [3.05, 3.63) is 23.8 Å². The second kappa shape index (κ2) is 5.61. The van der Waals surface area contributed by atoms with E-state index < -0.39 is 5.91 Å². The molecule has 3 N–H and O–H groups in total. The average molecular weight is 206 g/mol. The van der Waals surface area contributed by atoms with Crippen molar-refractivity contribution in [2.45, 2.75) is 0 Å². The van der Waals surface area contributed by atoms with Crippen molar-refractivity contribution in [2.24, 2.45) is 5.73 Å². The Kier molecular flexibility index (Phi) is 5.58. The van der Waals surface area contributed by atoms with Gasteiger partial charge in [0.05, 0.1) is 12.7 Å².